The molecule has 0 aliphatic carbocycles. The van der Waals surface area contributed by atoms with Crippen LogP contribution in [0.15, 0.2) is 64.3 Å². The minimum atomic E-state index is -4.61. The normalized spacial score (nSPS) is 20.1. The Balaban J connectivity index is 1.86. The molecular weight excluding hydrogens is 539 g/mol. The molecule has 1 aromatic heterocycles. The summed E-state index contributed by atoms with van der Waals surface area (Å²) >= 11 is 1.11. The van der Waals surface area contributed by atoms with Crippen LogP contribution in [0.5, 0.6) is 0 Å². The number of thiophene rings is 1. The van der Waals surface area contributed by atoms with Crippen LogP contribution in [0.1, 0.15) is 40.1 Å². The predicted octanol–water partition coefficient (Wildman–Crippen LogP) is 7.19. The highest BCUT2D eigenvalue weighted by atomic mass is 32.1. The van der Waals surface area contributed by atoms with Crippen LogP contribution in [0.4, 0.5) is 28.3 Å². The zero-order valence-corrected chi connectivity index (χ0v) is 22.4. The smallest absolute Gasteiger partial charge is 0.418 e. The maximum atomic E-state index is 14.1. The van der Waals surface area contributed by atoms with E-state index >= 15 is 0 Å². The number of rotatable bonds is 4. The van der Waals surface area contributed by atoms with Gasteiger partial charge in [0.15, 0.2) is 7.36 Å². The molecule has 1 atom stereocenters. The largest absolute Gasteiger partial charge is 0.465 e. The van der Waals surface area contributed by atoms with Crippen LogP contribution >= 0.6 is 18.7 Å². The number of benzene rings is 2. The average molecular weight is 565 g/mol. The van der Waals surface area contributed by atoms with Gasteiger partial charge in [-0.2, -0.15) is 13.2 Å². The summed E-state index contributed by atoms with van der Waals surface area (Å²) in [5.41, 5.74) is -0.420. The Labute approximate surface area is 221 Å². The minimum absolute atomic E-state index is 0.178. The minimum Gasteiger partial charge on any atom is -0.465 e. The number of fused-ring (bicyclic) bond motifs is 1. The molecule has 0 bridgehead atoms. The van der Waals surface area contributed by atoms with E-state index in [1.807, 2.05) is 4.67 Å². The molecule has 2 aromatic carbocycles. The number of aliphatic imine (C=N–C) groups is 1. The lowest BCUT2D eigenvalue weighted by Crippen LogP contribution is -2.42. The molecule has 5 rings (SSSR count). The molecule has 0 radical (unpaired) electrons. The Morgan fingerprint density at radius 2 is 1.76 bits per heavy atom. The lowest BCUT2D eigenvalue weighted by molar-refractivity contribution is -0.137. The quantitative estimate of drug-likeness (QED) is 0.191. The topological polar surface area (TPSA) is 57.5 Å². The highest BCUT2D eigenvalue weighted by Gasteiger charge is 2.44. The number of carbonyl (C=O) groups excluding carboxylic acids is 1. The third kappa shape index (κ3) is 4.67. The van der Waals surface area contributed by atoms with E-state index in [9.17, 15) is 22.4 Å². The van der Waals surface area contributed by atoms with E-state index in [0.29, 0.717) is 34.8 Å². The zero-order valence-electron chi connectivity index (χ0n) is 20.7. The van der Waals surface area contributed by atoms with E-state index in [1.54, 1.807) is 25.2 Å². The molecule has 1 fully saturated rings. The van der Waals surface area contributed by atoms with Crippen LogP contribution in [0.25, 0.3) is 0 Å². The van der Waals surface area contributed by atoms with Gasteiger partial charge in [0, 0.05) is 25.7 Å². The van der Waals surface area contributed by atoms with Crippen molar-refractivity contribution >= 4 is 46.5 Å². The summed E-state index contributed by atoms with van der Waals surface area (Å²) in [6.45, 7) is 1.24. The van der Waals surface area contributed by atoms with Crippen LogP contribution in [0.2, 0.25) is 0 Å². The predicted molar refractivity (Wildman–Crippen MR) is 142 cm³/mol. The lowest BCUT2D eigenvalue weighted by Gasteiger charge is -2.46. The van der Waals surface area contributed by atoms with E-state index in [4.69, 9.17) is 14.5 Å². The first kappa shape index (κ1) is 26.6. The van der Waals surface area contributed by atoms with E-state index in [-0.39, 0.29) is 10.6 Å². The first-order valence-corrected chi connectivity index (χ1v) is 14.5. The van der Waals surface area contributed by atoms with Crippen LogP contribution in [0.3, 0.4) is 0 Å². The van der Waals surface area contributed by atoms with Gasteiger partial charge in [0.2, 0.25) is 0 Å². The molecule has 0 saturated carbocycles. The summed E-state index contributed by atoms with van der Waals surface area (Å²) in [6, 6.07) is 12.7. The molecule has 6 nitrogen and oxygen atoms in total. The van der Waals surface area contributed by atoms with E-state index in [0.717, 1.165) is 36.7 Å². The Hall–Kier alpha value is -3.01. The SMILES string of the molecule is COC(=O)c1cc2c(s1)N=C(c1ccc(F)cc1)N(C)P2(=Nc1ccccc1C(F)(F)F)N1CCCCC1. The van der Waals surface area contributed by atoms with Gasteiger partial charge in [-0.15, -0.1) is 11.3 Å². The number of halogens is 4. The molecule has 0 spiro atoms. The number of esters is 1. The number of amidine groups is 1. The van der Waals surface area contributed by atoms with Gasteiger partial charge in [0.1, 0.15) is 21.5 Å². The summed E-state index contributed by atoms with van der Waals surface area (Å²) < 4.78 is 70.0. The van der Waals surface area contributed by atoms with Crippen LogP contribution in [0, 0.1) is 5.82 Å². The van der Waals surface area contributed by atoms with Crippen molar-refractivity contribution in [1.82, 2.24) is 9.34 Å². The fourth-order valence-electron chi connectivity index (χ4n) is 4.81. The molecule has 38 heavy (non-hydrogen) atoms. The summed E-state index contributed by atoms with van der Waals surface area (Å²) in [5.74, 6) is -0.528. The van der Waals surface area contributed by atoms with Gasteiger partial charge in [0.25, 0.3) is 0 Å². The fourth-order valence-corrected chi connectivity index (χ4v) is 9.98. The van der Waals surface area contributed by atoms with Gasteiger partial charge in [-0.25, -0.2) is 23.6 Å². The maximum absolute atomic E-state index is 14.1. The second-order valence-electron chi connectivity index (χ2n) is 8.96. The second-order valence-corrected chi connectivity index (χ2v) is 13.0. The average Bonchev–Trinajstić information content (AvgIpc) is 3.35. The van der Waals surface area contributed by atoms with E-state index < -0.39 is 30.9 Å². The molecule has 2 aliphatic heterocycles. The van der Waals surface area contributed by atoms with Crippen molar-refractivity contribution in [2.24, 2.45) is 9.74 Å². The number of methoxy groups -OCH3 is 1. The van der Waals surface area contributed by atoms with Crippen LogP contribution < -0.4 is 5.30 Å². The summed E-state index contributed by atoms with van der Waals surface area (Å²) in [6.07, 6.45) is -1.89. The number of hydrogen-bond donors (Lipinski definition) is 0. The number of hydrogen-bond acceptors (Lipinski definition) is 5. The Bertz CT molecular complexity index is 1450. The van der Waals surface area contributed by atoms with E-state index in [2.05, 4.69) is 4.67 Å². The summed E-state index contributed by atoms with van der Waals surface area (Å²) in [5, 5.41) is 1.09. The van der Waals surface area contributed by atoms with Gasteiger partial charge in [-0.3, -0.25) is 0 Å². The molecule has 1 unspecified atom stereocenters. The summed E-state index contributed by atoms with van der Waals surface area (Å²) in [7, 11) is -0.116. The van der Waals surface area contributed by atoms with E-state index in [1.165, 1.54) is 37.4 Å². The van der Waals surface area contributed by atoms with Crippen molar-refractivity contribution < 1.29 is 27.1 Å². The number of ether oxygens (including phenoxy) is 1. The highest BCUT2D eigenvalue weighted by molar-refractivity contribution is 7.71. The number of alkyl halides is 3. The highest BCUT2D eigenvalue weighted by Crippen LogP contribution is 2.63. The Kier molecular flexibility index (Phi) is 7.19. The van der Waals surface area contributed by atoms with Crippen molar-refractivity contribution in [1.29, 1.82) is 0 Å². The Morgan fingerprint density at radius 3 is 2.42 bits per heavy atom. The van der Waals surface area contributed by atoms with Gasteiger partial charge in [-0.05, 0) is 55.3 Å². The molecule has 1 saturated heterocycles. The molecule has 3 heterocycles. The van der Waals surface area contributed by atoms with Crippen molar-refractivity contribution in [3.8, 4) is 0 Å². The van der Waals surface area contributed by atoms with Gasteiger partial charge < -0.3 is 9.41 Å². The standard InChI is InChI=1S/C26H25F4N4O2PS/c1-33-23(17-10-12-18(27)13-11-17)31-24-21(16-22(38-24)25(35)36-2)37(33,34-14-6-3-7-15-34)32-20-9-5-4-8-19(20)26(28,29)30/h4-5,8-13,16H,3,6-7,14-15H2,1-2H3. The molecule has 0 N–H and O–H groups in total. The van der Waals surface area contributed by atoms with Crippen LogP contribution in [-0.2, 0) is 10.9 Å². The molecular formula is C26H25F4N4O2PS. The fraction of sp³-hybridized carbons (Fsp3) is 0.308. The number of piperidine rings is 1. The first-order valence-electron chi connectivity index (χ1n) is 12.0. The monoisotopic (exact) mass is 564 g/mol. The van der Waals surface area contributed by atoms with Gasteiger partial charge in [-0.1, -0.05) is 18.6 Å². The third-order valence-corrected chi connectivity index (χ3v) is 11.5. The van der Waals surface area contributed by atoms with Gasteiger partial charge >= 0.3 is 12.1 Å². The van der Waals surface area contributed by atoms with Crippen molar-refractivity contribution in [2.45, 2.75) is 25.4 Å². The lowest BCUT2D eigenvalue weighted by atomic mass is 10.2. The second kappa shape index (κ2) is 10.3. The summed E-state index contributed by atoms with van der Waals surface area (Å²) in [4.78, 5) is 17.6. The third-order valence-electron chi connectivity index (χ3n) is 6.62. The number of nitrogens with zero attached hydrogens (tertiary/aromatic N) is 4. The van der Waals surface area contributed by atoms with Gasteiger partial charge in [0.05, 0.1) is 23.7 Å². The molecule has 200 valence electrons. The molecule has 0 amide bonds. The first-order chi connectivity index (χ1) is 18.1. The molecule has 3 aromatic rings. The molecule has 12 heteroatoms. The zero-order chi connectivity index (χ0) is 27.1. The number of carbonyl (C=O) groups is 1. The molecule has 2 aliphatic rings. The van der Waals surface area contributed by atoms with Crippen molar-refractivity contribution in [2.75, 3.05) is 27.2 Å². The Morgan fingerprint density at radius 1 is 1.08 bits per heavy atom. The maximum Gasteiger partial charge on any atom is 0.418 e. The van der Waals surface area contributed by atoms with Crippen molar-refractivity contribution in [3.63, 3.8) is 0 Å². The van der Waals surface area contributed by atoms with Crippen LogP contribution in [-0.4, -0.2) is 48.4 Å². The van der Waals surface area contributed by atoms with Crippen molar-refractivity contribution in [3.05, 3.63) is 76.4 Å².